The van der Waals surface area contributed by atoms with E-state index in [0.29, 0.717) is 0 Å². The first-order valence-electron chi connectivity index (χ1n) is 3.58. The standard InChI is InChI=1S/C6H9N3O4S/c1-13-6(10)5-3-7-9(8-5)4-14(2,11)12/h3H,4H2,1-2H3. The van der Waals surface area contributed by atoms with Crippen molar-refractivity contribution in [3.8, 4) is 0 Å². The molecule has 8 heteroatoms. The van der Waals surface area contributed by atoms with Gasteiger partial charge >= 0.3 is 5.97 Å². The van der Waals surface area contributed by atoms with Gasteiger partial charge in [0.2, 0.25) is 0 Å². The maximum absolute atomic E-state index is 10.9. The number of nitrogens with zero attached hydrogens (tertiary/aromatic N) is 3. The summed E-state index contributed by atoms with van der Waals surface area (Å²) >= 11 is 0. The van der Waals surface area contributed by atoms with Gasteiger partial charge in [0.05, 0.1) is 13.3 Å². The summed E-state index contributed by atoms with van der Waals surface area (Å²) in [6.45, 7) is 0. The first-order chi connectivity index (χ1) is 6.42. The summed E-state index contributed by atoms with van der Waals surface area (Å²) in [5.74, 6) is -1.01. The fourth-order valence-corrected chi connectivity index (χ4v) is 1.31. The molecule has 0 saturated carbocycles. The minimum absolute atomic E-state index is 0.0175. The molecule has 14 heavy (non-hydrogen) atoms. The summed E-state index contributed by atoms with van der Waals surface area (Å²) in [5, 5.41) is 7.21. The average molecular weight is 219 g/mol. The van der Waals surface area contributed by atoms with Crippen LogP contribution >= 0.6 is 0 Å². The molecule has 0 spiro atoms. The summed E-state index contributed by atoms with van der Waals surface area (Å²) < 4.78 is 26.0. The highest BCUT2D eigenvalue weighted by Gasteiger charge is 2.12. The first-order valence-corrected chi connectivity index (χ1v) is 5.64. The largest absolute Gasteiger partial charge is 0.464 e. The predicted molar refractivity (Wildman–Crippen MR) is 46.2 cm³/mol. The summed E-state index contributed by atoms with van der Waals surface area (Å²) in [4.78, 5) is 11.8. The quantitative estimate of drug-likeness (QED) is 0.610. The van der Waals surface area contributed by atoms with Crippen molar-refractivity contribution in [2.75, 3.05) is 13.4 Å². The average Bonchev–Trinajstić information content (AvgIpc) is 2.48. The lowest BCUT2D eigenvalue weighted by molar-refractivity contribution is 0.0593. The number of esters is 1. The van der Waals surface area contributed by atoms with Crippen molar-refractivity contribution in [2.24, 2.45) is 0 Å². The molecule has 1 aromatic rings. The molecule has 0 radical (unpaired) electrons. The lowest BCUT2D eigenvalue weighted by Crippen LogP contribution is -2.12. The number of methoxy groups -OCH3 is 1. The van der Waals surface area contributed by atoms with Gasteiger partial charge < -0.3 is 4.74 Å². The molecular formula is C6H9N3O4S. The summed E-state index contributed by atoms with van der Waals surface area (Å²) in [6, 6.07) is 0. The summed E-state index contributed by atoms with van der Waals surface area (Å²) in [7, 11) is -2.00. The topological polar surface area (TPSA) is 91.1 Å². The molecule has 0 aliphatic heterocycles. The van der Waals surface area contributed by atoms with Gasteiger partial charge in [0.1, 0.15) is 0 Å². The van der Waals surface area contributed by atoms with E-state index in [1.807, 2.05) is 0 Å². The van der Waals surface area contributed by atoms with Gasteiger partial charge in [-0.2, -0.15) is 9.90 Å². The van der Waals surface area contributed by atoms with Crippen LogP contribution in [0.1, 0.15) is 10.5 Å². The number of hydrogen-bond acceptors (Lipinski definition) is 6. The molecule has 0 bridgehead atoms. The van der Waals surface area contributed by atoms with Gasteiger partial charge in [-0.3, -0.25) is 0 Å². The van der Waals surface area contributed by atoms with E-state index in [1.165, 1.54) is 7.11 Å². The van der Waals surface area contributed by atoms with E-state index in [1.54, 1.807) is 0 Å². The van der Waals surface area contributed by atoms with E-state index in [0.717, 1.165) is 17.2 Å². The Morgan fingerprint density at radius 2 is 2.29 bits per heavy atom. The van der Waals surface area contributed by atoms with Crippen molar-refractivity contribution in [3.63, 3.8) is 0 Å². The second-order valence-corrected chi connectivity index (χ2v) is 4.76. The third kappa shape index (κ3) is 2.80. The van der Waals surface area contributed by atoms with Gasteiger partial charge in [0.25, 0.3) is 0 Å². The van der Waals surface area contributed by atoms with Crippen LogP contribution in [-0.4, -0.2) is 42.7 Å². The molecule has 1 heterocycles. The number of rotatable bonds is 3. The van der Waals surface area contributed by atoms with Gasteiger partial charge in [-0.15, -0.1) is 5.10 Å². The van der Waals surface area contributed by atoms with Crippen molar-refractivity contribution in [1.29, 1.82) is 0 Å². The molecule has 0 amide bonds. The number of hydrogen-bond donors (Lipinski definition) is 0. The van der Waals surface area contributed by atoms with Gasteiger partial charge in [0.15, 0.2) is 21.4 Å². The van der Waals surface area contributed by atoms with E-state index in [-0.39, 0.29) is 11.6 Å². The SMILES string of the molecule is COC(=O)c1cnn(CS(C)(=O)=O)n1. The zero-order valence-corrected chi connectivity index (χ0v) is 8.48. The van der Waals surface area contributed by atoms with Gasteiger partial charge in [-0.1, -0.05) is 0 Å². The Morgan fingerprint density at radius 3 is 2.79 bits per heavy atom. The Balaban J connectivity index is 2.84. The smallest absolute Gasteiger partial charge is 0.360 e. The van der Waals surface area contributed by atoms with Gasteiger partial charge in [0, 0.05) is 6.26 Å². The molecule has 0 N–H and O–H groups in total. The van der Waals surface area contributed by atoms with Gasteiger partial charge in [-0.25, -0.2) is 13.2 Å². The number of ether oxygens (including phenoxy) is 1. The van der Waals surface area contributed by atoms with E-state index < -0.39 is 15.8 Å². The molecule has 0 saturated heterocycles. The normalized spacial score (nSPS) is 11.3. The number of carbonyl (C=O) groups excluding carboxylic acids is 1. The van der Waals surface area contributed by atoms with Crippen LogP contribution < -0.4 is 0 Å². The highest BCUT2D eigenvalue weighted by molar-refractivity contribution is 7.89. The van der Waals surface area contributed by atoms with E-state index in [9.17, 15) is 13.2 Å². The maximum atomic E-state index is 10.9. The molecular weight excluding hydrogens is 210 g/mol. The van der Waals surface area contributed by atoms with Crippen molar-refractivity contribution >= 4 is 15.8 Å². The van der Waals surface area contributed by atoms with Crippen LogP contribution in [-0.2, 0) is 20.5 Å². The highest BCUT2D eigenvalue weighted by atomic mass is 32.2. The summed E-state index contributed by atoms with van der Waals surface area (Å²) in [5.41, 5.74) is -0.0175. The highest BCUT2D eigenvalue weighted by Crippen LogP contribution is 1.96. The fraction of sp³-hybridized carbons (Fsp3) is 0.500. The predicted octanol–water partition coefficient (Wildman–Crippen LogP) is -0.933. The van der Waals surface area contributed by atoms with Crippen LogP contribution in [0.3, 0.4) is 0 Å². The Morgan fingerprint density at radius 1 is 1.64 bits per heavy atom. The zero-order valence-electron chi connectivity index (χ0n) is 7.67. The van der Waals surface area contributed by atoms with Crippen LogP contribution in [0.4, 0.5) is 0 Å². The van der Waals surface area contributed by atoms with Crippen molar-refractivity contribution in [3.05, 3.63) is 11.9 Å². The Labute approximate surface area is 80.6 Å². The van der Waals surface area contributed by atoms with Crippen LogP contribution in [0.15, 0.2) is 6.20 Å². The van der Waals surface area contributed by atoms with Crippen LogP contribution in [0.2, 0.25) is 0 Å². The summed E-state index contributed by atoms with van der Waals surface area (Å²) in [6.07, 6.45) is 2.20. The lowest BCUT2D eigenvalue weighted by atomic mass is 10.5. The second-order valence-electron chi connectivity index (χ2n) is 2.65. The molecule has 7 nitrogen and oxygen atoms in total. The maximum Gasteiger partial charge on any atom is 0.360 e. The Hall–Kier alpha value is -1.44. The monoisotopic (exact) mass is 219 g/mol. The molecule has 0 aliphatic rings. The van der Waals surface area contributed by atoms with Crippen LogP contribution in [0.5, 0.6) is 0 Å². The molecule has 0 atom stereocenters. The van der Waals surface area contributed by atoms with Crippen molar-refractivity contribution in [2.45, 2.75) is 5.88 Å². The first kappa shape index (κ1) is 10.6. The van der Waals surface area contributed by atoms with Crippen LogP contribution in [0.25, 0.3) is 0 Å². The van der Waals surface area contributed by atoms with Crippen LogP contribution in [0, 0.1) is 0 Å². The number of carbonyl (C=O) groups is 1. The number of aromatic nitrogens is 3. The van der Waals surface area contributed by atoms with E-state index >= 15 is 0 Å². The van der Waals surface area contributed by atoms with Gasteiger partial charge in [-0.05, 0) is 0 Å². The molecule has 78 valence electrons. The van der Waals surface area contributed by atoms with Crippen molar-refractivity contribution < 1.29 is 17.9 Å². The Kier molecular flexibility index (Phi) is 2.84. The minimum Gasteiger partial charge on any atom is -0.464 e. The van der Waals surface area contributed by atoms with E-state index in [2.05, 4.69) is 14.9 Å². The molecule has 0 aromatic carbocycles. The zero-order chi connectivity index (χ0) is 10.8. The second kappa shape index (κ2) is 3.74. The molecule has 1 rings (SSSR count). The molecule has 1 aromatic heterocycles. The Bertz CT molecular complexity index is 436. The minimum atomic E-state index is -3.21. The third-order valence-corrected chi connectivity index (χ3v) is 1.98. The number of sulfone groups is 1. The molecule has 0 fully saturated rings. The molecule has 0 aliphatic carbocycles. The lowest BCUT2D eigenvalue weighted by Gasteiger charge is -1.95. The molecule has 0 unspecified atom stereocenters. The third-order valence-electron chi connectivity index (χ3n) is 1.28. The van der Waals surface area contributed by atoms with Crippen molar-refractivity contribution in [1.82, 2.24) is 15.0 Å². The van der Waals surface area contributed by atoms with E-state index in [4.69, 9.17) is 0 Å². The fourth-order valence-electron chi connectivity index (χ4n) is 0.767.